The van der Waals surface area contributed by atoms with Crippen LogP contribution < -0.4 is 5.32 Å². The first-order valence-corrected chi connectivity index (χ1v) is 6.43. The monoisotopic (exact) mass is 248 g/mol. The normalized spacial score (nSPS) is 12.8. The number of hydrogen-bond acceptors (Lipinski definition) is 4. The minimum absolute atomic E-state index is 0.0836. The Kier molecular flexibility index (Phi) is 4.15. The minimum Gasteiger partial charge on any atom is -0.469 e. The molecule has 1 atom stereocenters. The van der Waals surface area contributed by atoms with Crippen molar-refractivity contribution in [1.29, 1.82) is 0 Å². The molecule has 2 aromatic heterocycles. The van der Waals surface area contributed by atoms with Crippen molar-refractivity contribution in [2.24, 2.45) is 0 Å². The Morgan fingerprint density at radius 2 is 2.28 bits per heavy atom. The Bertz CT molecular complexity index is 489. The van der Waals surface area contributed by atoms with Gasteiger partial charge < -0.3 is 9.73 Å². The van der Waals surface area contributed by atoms with Crippen molar-refractivity contribution in [3.8, 4) is 0 Å². The molecule has 5 heteroatoms. The van der Waals surface area contributed by atoms with Gasteiger partial charge in [0.25, 0.3) is 0 Å². The van der Waals surface area contributed by atoms with E-state index in [-0.39, 0.29) is 6.04 Å². The third-order valence-corrected chi connectivity index (χ3v) is 3.08. The van der Waals surface area contributed by atoms with Crippen molar-refractivity contribution in [3.05, 3.63) is 35.5 Å². The SMILES string of the molecule is CCCn1nncc1C(NC)c1ccoc1CC. The lowest BCUT2D eigenvalue weighted by molar-refractivity contribution is 0.492. The predicted octanol–water partition coefficient (Wildman–Crippen LogP) is 2.15. The molecule has 2 heterocycles. The van der Waals surface area contributed by atoms with Gasteiger partial charge in [-0.15, -0.1) is 5.10 Å². The van der Waals surface area contributed by atoms with Crippen molar-refractivity contribution in [1.82, 2.24) is 20.3 Å². The molecule has 0 aromatic carbocycles. The summed E-state index contributed by atoms with van der Waals surface area (Å²) >= 11 is 0. The lowest BCUT2D eigenvalue weighted by Gasteiger charge is -2.17. The van der Waals surface area contributed by atoms with E-state index in [1.54, 1.807) is 6.26 Å². The summed E-state index contributed by atoms with van der Waals surface area (Å²) < 4.78 is 7.46. The van der Waals surface area contributed by atoms with Gasteiger partial charge in [-0.1, -0.05) is 19.1 Å². The van der Waals surface area contributed by atoms with E-state index in [0.29, 0.717) is 0 Å². The first kappa shape index (κ1) is 12.8. The summed E-state index contributed by atoms with van der Waals surface area (Å²) in [5, 5.41) is 11.5. The molecule has 2 rings (SSSR count). The van der Waals surface area contributed by atoms with E-state index >= 15 is 0 Å². The van der Waals surface area contributed by atoms with Crippen LogP contribution in [0.1, 0.15) is 43.3 Å². The second kappa shape index (κ2) is 5.82. The van der Waals surface area contributed by atoms with Gasteiger partial charge >= 0.3 is 0 Å². The summed E-state index contributed by atoms with van der Waals surface area (Å²) in [6.07, 6.45) is 5.49. The quantitative estimate of drug-likeness (QED) is 0.851. The predicted molar refractivity (Wildman–Crippen MR) is 69.3 cm³/mol. The maximum absolute atomic E-state index is 5.50. The highest BCUT2D eigenvalue weighted by molar-refractivity contribution is 5.28. The van der Waals surface area contributed by atoms with Crippen LogP contribution in [0.25, 0.3) is 0 Å². The summed E-state index contributed by atoms with van der Waals surface area (Å²) in [6, 6.07) is 2.10. The highest BCUT2D eigenvalue weighted by atomic mass is 16.3. The lowest BCUT2D eigenvalue weighted by atomic mass is 10.0. The fourth-order valence-electron chi connectivity index (χ4n) is 2.23. The van der Waals surface area contributed by atoms with Crippen LogP contribution in [-0.2, 0) is 13.0 Å². The largest absolute Gasteiger partial charge is 0.469 e. The average molecular weight is 248 g/mol. The van der Waals surface area contributed by atoms with Gasteiger partial charge in [0.15, 0.2) is 0 Å². The van der Waals surface area contributed by atoms with E-state index in [9.17, 15) is 0 Å². The highest BCUT2D eigenvalue weighted by Gasteiger charge is 2.21. The molecule has 0 radical (unpaired) electrons. The van der Waals surface area contributed by atoms with Gasteiger partial charge in [0.2, 0.25) is 0 Å². The van der Waals surface area contributed by atoms with Crippen LogP contribution >= 0.6 is 0 Å². The van der Waals surface area contributed by atoms with Crippen LogP contribution in [0, 0.1) is 0 Å². The van der Waals surface area contributed by atoms with Gasteiger partial charge in [-0.25, -0.2) is 4.68 Å². The molecule has 98 valence electrons. The molecule has 1 unspecified atom stereocenters. The van der Waals surface area contributed by atoms with E-state index in [4.69, 9.17) is 4.42 Å². The Balaban J connectivity index is 2.36. The topological polar surface area (TPSA) is 55.9 Å². The second-order valence-electron chi connectivity index (χ2n) is 4.26. The second-order valence-corrected chi connectivity index (χ2v) is 4.26. The summed E-state index contributed by atoms with van der Waals surface area (Å²) in [5.74, 6) is 1.01. The molecule has 0 fully saturated rings. The molecule has 0 spiro atoms. The molecular weight excluding hydrogens is 228 g/mol. The molecule has 0 amide bonds. The number of hydrogen-bond donors (Lipinski definition) is 1. The first-order chi connectivity index (χ1) is 8.81. The summed E-state index contributed by atoms with van der Waals surface area (Å²) in [6.45, 7) is 5.11. The number of nitrogens with one attached hydrogen (secondary N) is 1. The first-order valence-electron chi connectivity index (χ1n) is 6.43. The lowest BCUT2D eigenvalue weighted by Crippen LogP contribution is -2.22. The van der Waals surface area contributed by atoms with Gasteiger partial charge in [-0.05, 0) is 19.5 Å². The molecule has 5 nitrogen and oxygen atoms in total. The number of furan rings is 1. The number of rotatable bonds is 6. The standard InChI is InChI=1S/C13H20N4O/c1-4-7-17-11(9-15-16-17)13(14-3)10-6-8-18-12(10)5-2/h6,8-9,13-14H,4-5,7H2,1-3H3. The van der Waals surface area contributed by atoms with Gasteiger partial charge in [-0.2, -0.15) is 0 Å². The Morgan fingerprint density at radius 1 is 1.44 bits per heavy atom. The zero-order valence-corrected chi connectivity index (χ0v) is 11.2. The Hall–Kier alpha value is -1.62. The minimum atomic E-state index is 0.0836. The zero-order valence-electron chi connectivity index (χ0n) is 11.2. The van der Waals surface area contributed by atoms with Gasteiger partial charge in [0, 0.05) is 18.5 Å². The molecule has 0 saturated carbocycles. The van der Waals surface area contributed by atoms with Gasteiger partial charge in [-0.3, -0.25) is 0 Å². The van der Waals surface area contributed by atoms with E-state index in [1.807, 2.05) is 24.0 Å². The van der Waals surface area contributed by atoms with E-state index in [0.717, 1.165) is 30.8 Å². The van der Waals surface area contributed by atoms with Crippen LogP contribution in [0.5, 0.6) is 0 Å². The van der Waals surface area contributed by atoms with Crippen molar-refractivity contribution < 1.29 is 4.42 Å². The molecule has 18 heavy (non-hydrogen) atoms. The van der Waals surface area contributed by atoms with E-state index in [1.165, 1.54) is 5.56 Å². The van der Waals surface area contributed by atoms with Crippen molar-refractivity contribution in [2.75, 3.05) is 7.05 Å². The summed E-state index contributed by atoms with van der Waals surface area (Å²) in [7, 11) is 1.94. The molecule has 0 bridgehead atoms. The van der Waals surface area contributed by atoms with Crippen LogP contribution in [0.15, 0.2) is 22.9 Å². The van der Waals surface area contributed by atoms with Crippen LogP contribution in [0.4, 0.5) is 0 Å². The zero-order chi connectivity index (χ0) is 13.0. The van der Waals surface area contributed by atoms with Gasteiger partial charge in [0.1, 0.15) is 5.76 Å². The fraction of sp³-hybridized carbons (Fsp3) is 0.538. The number of aryl methyl sites for hydroxylation is 2. The molecular formula is C13H20N4O. The smallest absolute Gasteiger partial charge is 0.108 e. The van der Waals surface area contributed by atoms with E-state index < -0.39 is 0 Å². The van der Waals surface area contributed by atoms with Crippen molar-refractivity contribution >= 4 is 0 Å². The van der Waals surface area contributed by atoms with E-state index in [2.05, 4.69) is 29.5 Å². The Labute approximate surface area is 107 Å². The highest BCUT2D eigenvalue weighted by Crippen LogP contribution is 2.25. The number of nitrogens with zero attached hydrogens (tertiary/aromatic N) is 3. The van der Waals surface area contributed by atoms with Crippen molar-refractivity contribution in [2.45, 2.75) is 39.3 Å². The molecule has 1 N–H and O–H groups in total. The van der Waals surface area contributed by atoms with Gasteiger partial charge in [0.05, 0.1) is 24.2 Å². The Morgan fingerprint density at radius 3 is 2.94 bits per heavy atom. The van der Waals surface area contributed by atoms with Crippen LogP contribution in [0.3, 0.4) is 0 Å². The fourth-order valence-corrected chi connectivity index (χ4v) is 2.23. The molecule has 0 aliphatic heterocycles. The maximum Gasteiger partial charge on any atom is 0.108 e. The van der Waals surface area contributed by atoms with Crippen LogP contribution in [0.2, 0.25) is 0 Å². The van der Waals surface area contributed by atoms with Crippen molar-refractivity contribution in [3.63, 3.8) is 0 Å². The molecule has 0 saturated heterocycles. The third-order valence-electron chi connectivity index (χ3n) is 3.08. The van der Waals surface area contributed by atoms with Crippen LogP contribution in [-0.4, -0.2) is 22.0 Å². The average Bonchev–Trinajstić information content (AvgIpc) is 3.01. The summed E-state index contributed by atoms with van der Waals surface area (Å²) in [4.78, 5) is 0. The third kappa shape index (κ3) is 2.31. The maximum atomic E-state index is 5.50. The molecule has 0 aliphatic rings. The number of aromatic nitrogens is 3. The summed E-state index contributed by atoms with van der Waals surface area (Å²) in [5.41, 5.74) is 2.25. The molecule has 2 aromatic rings. The molecule has 0 aliphatic carbocycles.